The number of urea groups is 1. The lowest BCUT2D eigenvalue weighted by Gasteiger charge is -2.25. The highest BCUT2D eigenvalue weighted by Gasteiger charge is 2.33. The van der Waals surface area contributed by atoms with Gasteiger partial charge in [0.25, 0.3) is 0 Å². The van der Waals surface area contributed by atoms with E-state index in [4.69, 9.17) is 0 Å². The molecule has 6 heteroatoms. The van der Waals surface area contributed by atoms with Crippen molar-refractivity contribution in [3.63, 3.8) is 0 Å². The predicted octanol–water partition coefficient (Wildman–Crippen LogP) is 4.05. The molecule has 0 aliphatic rings. The van der Waals surface area contributed by atoms with Crippen LogP contribution in [0.25, 0.3) is 0 Å². The number of halogens is 3. The van der Waals surface area contributed by atoms with Crippen LogP contribution < -0.4 is 5.32 Å². The SMILES string of the molecule is Cc1ccc(NC(=O)N(CC(C)C)CC(F)(F)F)cc1. The zero-order valence-electron chi connectivity index (χ0n) is 11.8. The summed E-state index contributed by atoms with van der Waals surface area (Å²) in [4.78, 5) is 12.7. The Hall–Kier alpha value is -1.72. The molecule has 20 heavy (non-hydrogen) atoms. The number of carbonyl (C=O) groups is 1. The number of alkyl halides is 3. The lowest BCUT2D eigenvalue weighted by Crippen LogP contribution is -2.43. The second-order valence-corrected chi connectivity index (χ2v) is 5.19. The van der Waals surface area contributed by atoms with E-state index in [0.29, 0.717) is 5.69 Å². The van der Waals surface area contributed by atoms with Crippen LogP contribution >= 0.6 is 0 Å². The molecule has 1 aromatic carbocycles. The quantitative estimate of drug-likeness (QED) is 0.890. The van der Waals surface area contributed by atoms with Crippen LogP contribution in [0.5, 0.6) is 0 Å². The Kier molecular flexibility index (Phi) is 5.42. The monoisotopic (exact) mass is 288 g/mol. The van der Waals surface area contributed by atoms with Crippen molar-refractivity contribution in [2.45, 2.75) is 26.9 Å². The summed E-state index contributed by atoms with van der Waals surface area (Å²) in [6.07, 6.45) is -4.40. The summed E-state index contributed by atoms with van der Waals surface area (Å²) in [7, 11) is 0. The number of benzene rings is 1. The molecule has 1 aromatic rings. The van der Waals surface area contributed by atoms with Gasteiger partial charge >= 0.3 is 12.2 Å². The van der Waals surface area contributed by atoms with Crippen LogP contribution in [0.3, 0.4) is 0 Å². The third kappa shape index (κ3) is 5.95. The van der Waals surface area contributed by atoms with Gasteiger partial charge in [-0.15, -0.1) is 0 Å². The molecule has 0 saturated heterocycles. The molecular weight excluding hydrogens is 269 g/mol. The van der Waals surface area contributed by atoms with Gasteiger partial charge in [-0.25, -0.2) is 4.79 Å². The van der Waals surface area contributed by atoms with Gasteiger partial charge in [-0.1, -0.05) is 31.5 Å². The highest BCUT2D eigenvalue weighted by atomic mass is 19.4. The van der Waals surface area contributed by atoms with Gasteiger partial charge in [0.1, 0.15) is 6.54 Å². The van der Waals surface area contributed by atoms with Gasteiger partial charge in [-0.3, -0.25) is 0 Å². The van der Waals surface area contributed by atoms with Crippen molar-refractivity contribution >= 4 is 11.7 Å². The summed E-state index contributed by atoms with van der Waals surface area (Å²) >= 11 is 0. The minimum Gasteiger partial charge on any atom is -0.315 e. The number of hydrogen-bond acceptors (Lipinski definition) is 1. The lowest BCUT2D eigenvalue weighted by molar-refractivity contribution is -0.140. The van der Waals surface area contributed by atoms with Gasteiger partial charge in [0, 0.05) is 12.2 Å². The number of carbonyl (C=O) groups excluding carboxylic acids is 1. The Morgan fingerprint density at radius 1 is 1.25 bits per heavy atom. The van der Waals surface area contributed by atoms with Crippen LogP contribution in [-0.4, -0.2) is 30.2 Å². The van der Waals surface area contributed by atoms with Gasteiger partial charge < -0.3 is 10.2 Å². The Balaban J connectivity index is 2.74. The first-order chi connectivity index (χ1) is 9.17. The smallest absolute Gasteiger partial charge is 0.315 e. The van der Waals surface area contributed by atoms with Crippen LogP contribution in [0, 0.1) is 12.8 Å². The molecular formula is C14H19F3N2O. The molecule has 1 rings (SSSR count). The van der Waals surface area contributed by atoms with Crippen molar-refractivity contribution < 1.29 is 18.0 Å². The molecule has 0 bridgehead atoms. The molecule has 1 N–H and O–H groups in total. The van der Waals surface area contributed by atoms with E-state index < -0.39 is 18.8 Å². The average molecular weight is 288 g/mol. The van der Waals surface area contributed by atoms with Crippen molar-refractivity contribution in [3.8, 4) is 0 Å². The predicted molar refractivity (Wildman–Crippen MR) is 72.7 cm³/mol. The number of aryl methyl sites for hydroxylation is 1. The third-order valence-electron chi connectivity index (χ3n) is 2.55. The molecule has 0 fully saturated rings. The van der Waals surface area contributed by atoms with Crippen molar-refractivity contribution in [2.24, 2.45) is 5.92 Å². The Labute approximate surface area is 116 Å². The van der Waals surface area contributed by atoms with E-state index in [2.05, 4.69) is 5.32 Å². The summed E-state index contributed by atoms with van der Waals surface area (Å²) in [5, 5.41) is 2.48. The maximum absolute atomic E-state index is 12.5. The minimum absolute atomic E-state index is 0.0406. The maximum atomic E-state index is 12.5. The summed E-state index contributed by atoms with van der Waals surface area (Å²) in [6, 6.07) is 6.15. The second-order valence-electron chi connectivity index (χ2n) is 5.19. The first-order valence-electron chi connectivity index (χ1n) is 6.37. The number of nitrogens with one attached hydrogen (secondary N) is 1. The number of nitrogens with zero attached hydrogens (tertiary/aromatic N) is 1. The molecule has 0 heterocycles. The van der Waals surface area contributed by atoms with E-state index in [9.17, 15) is 18.0 Å². The van der Waals surface area contributed by atoms with Gasteiger partial charge in [0.15, 0.2) is 0 Å². The summed E-state index contributed by atoms with van der Waals surface area (Å²) in [5.41, 5.74) is 1.49. The number of rotatable bonds is 4. The van der Waals surface area contributed by atoms with Crippen LogP contribution in [0.4, 0.5) is 23.7 Å². The molecule has 3 nitrogen and oxygen atoms in total. The van der Waals surface area contributed by atoms with E-state index >= 15 is 0 Å². The first-order valence-corrected chi connectivity index (χ1v) is 6.37. The molecule has 0 spiro atoms. The van der Waals surface area contributed by atoms with Crippen LogP contribution in [0.1, 0.15) is 19.4 Å². The maximum Gasteiger partial charge on any atom is 0.406 e. The second kappa shape index (κ2) is 6.63. The Bertz CT molecular complexity index is 441. The highest BCUT2D eigenvalue weighted by Crippen LogP contribution is 2.18. The average Bonchev–Trinajstić information content (AvgIpc) is 2.29. The van der Waals surface area contributed by atoms with Crippen molar-refractivity contribution in [2.75, 3.05) is 18.4 Å². The number of amides is 2. The van der Waals surface area contributed by atoms with Crippen molar-refractivity contribution in [1.29, 1.82) is 0 Å². The van der Waals surface area contributed by atoms with E-state index in [1.54, 1.807) is 38.1 Å². The molecule has 0 unspecified atom stereocenters. The fraction of sp³-hybridized carbons (Fsp3) is 0.500. The van der Waals surface area contributed by atoms with Gasteiger partial charge in [0.05, 0.1) is 0 Å². The summed E-state index contributed by atoms with van der Waals surface area (Å²) in [6.45, 7) is 4.23. The lowest BCUT2D eigenvalue weighted by atomic mass is 10.2. The van der Waals surface area contributed by atoms with Crippen LogP contribution in [-0.2, 0) is 0 Å². The van der Waals surface area contributed by atoms with E-state index in [1.165, 1.54) is 0 Å². The fourth-order valence-corrected chi connectivity index (χ4v) is 1.72. The molecule has 0 aromatic heterocycles. The molecule has 0 saturated carbocycles. The zero-order chi connectivity index (χ0) is 15.3. The molecule has 0 atom stereocenters. The standard InChI is InChI=1S/C14H19F3N2O/c1-10(2)8-19(9-14(15,16)17)13(20)18-12-6-4-11(3)5-7-12/h4-7,10H,8-9H2,1-3H3,(H,18,20). The van der Waals surface area contributed by atoms with E-state index in [-0.39, 0.29) is 12.5 Å². The van der Waals surface area contributed by atoms with Crippen molar-refractivity contribution in [3.05, 3.63) is 29.8 Å². The van der Waals surface area contributed by atoms with Crippen LogP contribution in [0.15, 0.2) is 24.3 Å². The summed E-state index contributed by atoms with van der Waals surface area (Å²) in [5.74, 6) is -0.0406. The van der Waals surface area contributed by atoms with Gasteiger partial charge in [-0.2, -0.15) is 13.2 Å². The van der Waals surface area contributed by atoms with Crippen LogP contribution in [0.2, 0.25) is 0 Å². The highest BCUT2D eigenvalue weighted by molar-refractivity contribution is 5.89. The minimum atomic E-state index is -4.40. The molecule has 0 aliphatic heterocycles. The summed E-state index contributed by atoms with van der Waals surface area (Å²) < 4.78 is 37.5. The molecule has 0 radical (unpaired) electrons. The topological polar surface area (TPSA) is 32.3 Å². The van der Waals surface area contributed by atoms with E-state index in [0.717, 1.165) is 10.5 Å². The normalized spacial score (nSPS) is 11.6. The third-order valence-corrected chi connectivity index (χ3v) is 2.55. The first kappa shape index (κ1) is 16.3. The fourth-order valence-electron chi connectivity index (χ4n) is 1.72. The Morgan fingerprint density at radius 2 is 1.80 bits per heavy atom. The molecule has 0 aliphatic carbocycles. The number of anilines is 1. The Morgan fingerprint density at radius 3 is 2.25 bits per heavy atom. The van der Waals surface area contributed by atoms with Gasteiger partial charge in [-0.05, 0) is 25.0 Å². The molecule has 2 amide bonds. The van der Waals surface area contributed by atoms with Crippen molar-refractivity contribution in [1.82, 2.24) is 4.90 Å². The number of hydrogen-bond donors (Lipinski definition) is 1. The van der Waals surface area contributed by atoms with Gasteiger partial charge in [0.2, 0.25) is 0 Å². The largest absolute Gasteiger partial charge is 0.406 e. The molecule has 112 valence electrons. The zero-order valence-corrected chi connectivity index (χ0v) is 11.8. The van der Waals surface area contributed by atoms with E-state index in [1.807, 2.05) is 6.92 Å².